The van der Waals surface area contributed by atoms with E-state index < -0.39 is 11.7 Å². The molecule has 1 fully saturated rings. The molecule has 21 heavy (non-hydrogen) atoms. The van der Waals surface area contributed by atoms with Crippen molar-refractivity contribution in [3.8, 4) is 5.75 Å². The summed E-state index contributed by atoms with van der Waals surface area (Å²) >= 11 is 5.68. The summed E-state index contributed by atoms with van der Waals surface area (Å²) in [4.78, 5) is 0. The van der Waals surface area contributed by atoms with Gasteiger partial charge in [-0.05, 0) is 37.1 Å². The number of nitrogens with one attached hydrogen (secondary N) is 1. The Morgan fingerprint density at radius 2 is 2.05 bits per heavy atom. The van der Waals surface area contributed by atoms with Crippen LogP contribution in [-0.4, -0.2) is 19.2 Å². The maximum Gasteiger partial charge on any atom is 0.420 e. The fourth-order valence-electron chi connectivity index (χ4n) is 2.71. The molecular weight excluding hydrogens is 303 g/mol. The third-order valence-corrected chi connectivity index (χ3v) is 3.97. The molecule has 0 aliphatic carbocycles. The first kappa shape index (κ1) is 16.4. The number of ether oxygens (including phenoxy) is 1. The minimum atomic E-state index is -4.48. The molecule has 0 amide bonds. The number of rotatable bonds is 4. The van der Waals surface area contributed by atoms with Gasteiger partial charge in [0.25, 0.3) is 0 Å². The van der Waals surface area contributed by atoms with Crippen LogP contribution in [0.4, 0.5) is 13.2 Å². The van der Waals surface area contributed by atoms with Crippen molar-refractivity contribution in [3.05, 3.63) is 28.8 Å². The summed E-state index contributed by atoms with van der Waals surface area (Å²) in [7, 11) is 0. The van der Waals surface area contributed by atoms with Crippen molar-refractivity contribution < 1.29 is 17.9 Å². The van der Waals surface area contributed by atoms with Crippen molar-refractivity contribution in [2.24, 2.45) is 11.8 Å². The second kappa shape index (κ2) is 6.44. The molecule has 1 aliphatic heterocycles. The van der Waals surface area contributed by atoms with E-state index in [2.05, 4.69) is 5.32 Å². The Kier molecular flexibility index (Phi) is 5.04. The molecular formula is C15H19ClF3NO. The lowest BCUT2D eigenvalue weighted by atomic mass is 9.92. The summed E-state index contributed by atoms with van der Waals surface area (Å²) in [6.45, 7) is 5.58. The quantitative estimate of drug-likeness (QED) is 0.889. The van der Waals surface area contributed by atoms with Crippen molar-refractivity contribution in [1.82, 2.24) is 5.32 Å². The lowest BCUT2D eigenvalue weighted by Crippen LogP contribution is -2.34. The second-order valence-corrected chi connectivity index (χ2v) is 6.15. The summed E-state index contributed by atoms with van der Waals surface area (Å²) in [6.07, 6.45) is -3.81. The van der Waals surface area contributed by atoms with Crippen molar-refractivity contribution in [2.45, 2.75) is 32.5 Å². The van der Waals surface area contributed by atoms with Crippen LogP contribution in [-0.2, 0) is 6.18 Å². The summed E-state index contributed by atoms with van der Waals surface area (Å²) in [5, 5.41) is 3.28. The highest BCUT2D eigenvalue weighted by Gasteiger charge is 2.37. The van der Waals surface area contributed by atoms with Crippen LogP contribution in [0.1, 0.15) is 25.8 Å². The van der Waals surface area contributed by atoms with Gasteiger partial charge < -0.3 is 10.1 Å². The molecule has 0 spiro atoms. The van der Waals surface area contributed by atoms with Gasteiger partial charge in [0.05, 0.1) is 5.56 Å². The molecule has 0 unspecified atom stereocenters. The van der Waals surface area contributed by atoms with E-state index in [9.17, 15) is 13.2 Å². The fraction of sp³-hybridized carbons (Fsp3) is 0.600. The standard InChI is InChI=1S/C15H19ClF3NO/c1-9(2)14(10-5-6-20-8-10)21-13-4-3-11(16)7-12(13)15(17,18)19/h3-4,7,9-10,14,20H,5-6,8H2,1-2H3/t10-,14-/m0/s1. The predicted molar refractivity (Wildman–Crippen MR) is 76.7 cm³/mol. The zero-order valence-electron chi connectivity index (χ0n) is 12.0. The largest absolute Gasteiger partial charge is 0.489 e. The van der Waals surface area contributed by atoms with E-state index in [1.165, 1.54) is 12.1 Å². The maximum atomic E-state index is 13.1. The van der Waals surface area contributed by atoms with Gasteiger partial charge in [0.15, 0.2) is 0 Å². The Morgan fingerprint density at radius 3 is 2.57 bits per heavy atom. The average molecular weight is 322 g/mol. The summed E-state index contributed by atoms with van der Waals surface area (Å²) in [5.41, 5.74) is -0.813. The number of halogens is 4. The number of alkyl halides is 3. The molecule has 1 aromatic carbocycles. The Hall–Kier alpha value is -0.940. The molecule has 0 saturated carbocycles. The van der Waals surface area contributed by atoms with Crippen molar-refractivity contribution in [1.29, 1.82) is 0 Å². The summed E-state index contributed by atoms with van der Waals surface area (Å²) in [5.74, 6) is 0.214. The van der Waals surface area contributed by atoms with E-state index in [4.69, 9.17) is 16.3 Å². The molecule has 0 radical (unpaired) electrons. The van der Waals surface area contributed by atoms with Gasteiger partial charge in [0, 0.05) is 17.5 Å². The van der Waals surface area contributed by atoms with Gasteiger partial charge in [-0.1, -0.05) is 25.4 Å². The van der Waals surface area contributed by atoms with Crippen LogP contribution in [0.15, 0.2) is 18.2 Å². The van der Waals surface area contributed by atoms with Crippen LogP contribution in [0.3, 0.4) is 0 Å². The molecule has 2 nitrogen and oxygen atoms in total. The minimum Gasteiger partial charge on any atom is -0.489 e. The maximum absolute atomic E-state index is 13.1. The zero-order valence-corrected chi connectivity index (χ0v) is 12.8. The predicted octanol–water partition coefficient (Wildman–Crippen LogP) is 4.37. The van der Waals surface area contributed by atoms with Crippen LogP contribution in [0, 0.1) is 11.8 Å². The highest BCUT2D eigenvalue weighted by Crippen LogP contribution is 2.39. The summed E-state index contributed by atoms with van der Waals surface area (Å²) in [6, 6.07) is 3.65. The smallest absolute Gasteiger partial charge is 0.420 e. The van der Waals surface area contributed by atoms with E-state index in [0.717, 1.165) is 25.6 Å². The molecule has 1 aliphatic rings. The molecule has 0 aromatic heterocycles. The molecule has 1 saturated heterocycles. The highest BCUT2D eigenvalue weighted by atomic mass is 35.5. The second-order valence-electron chi connectivity index (χ2n) is 5.72. The first-order valence-corrected chi connectivity index (χ1v) is 7.41. The van der Waals surface area contributed by atoms with E-state index in [1.807, 2.05) is 13.8 Å². The molecule has 6 heteroatoms. The van der Waals surface area contributed by atoms with Crippen LogP contribution < -0.4 is 10.1 Å². The SMILES string of the molecule is CC(C)[C@H](Oc1ccc(Cl)cc1C(F)(F)F)[C@H]1CCNC1. The Balaban J connectivity index is 2.28. The first-order chi connectivity index (χ1) is 9.79. The van der Waals surface area contributed by atoms with Gasteiger partial charge in [0.1, 0.15) is 11.9 Å². The lowest BCUT2D eigenvalue weighted by Gasteiger charge is -2.29. The lowest BCUT2D eigenvalue weighted by molar-refractivity contribution is -0.139. The first-order valence-electron chi connectivity index (χ1n) is 7.03. The van der Waals surface area contributed by atoms with E-state index in [-0.39, 0.29) is 28.7 Å². The van der Waals surface area contributed by atoms with Crippen molar-refractivity contribution >= 4 is 11.6 Å². The molecule has 2 rings (SSSR count). The van der Waals surface area contributed by atoms with Crippen LogP contribution in [0.5, 0.6) is 5.75 Å². The van der Waals surface area contributed by atoms with E-state index >= 15 is 0 Å². The van der Waals surface area contributed by atoms with E-state index in [0.29, 0.717) is 0 Å². The van der Waals surface area contributed by atoms with Crippen LogP contribution in [0.25, 0.3) is 0 Å². The van der Waals surface area contributed by atoms with Crippen molar-refractivity contribution in [2.75, 3.05) is 13.1 Å². The molecule has 1 heterocycles. The Bertz CT molecular complexity index is 484. The minimum absolute atomic E-state index is 0.0540. The highest BCUT2D eigenvalue weighted by molar-refractivity contribution is 6.30. The molecule has 1 aromatic rings. The fourth-order valence-corrected chi connectivity index (χ4v) is 2.88. The third kappa shape index (κ3) is 4.04. The average Bonchev–Trinajstić information content (AvgIpc) is 2.89. The number of hydrogen-bond donors (Lipinski definition) is 1. The monoisotopic (exact) mass is 321 g/mol. The number of benzene rings is 1. The van der Waals surface area contributed by atoms with Gasteiger partial charge in [-0.25, -0.2) is 0 Å². The van der Waals surface area contributed by atoms with Gasteiger partial charge in [-0.2, -0.15) is 13.2 Å². The topological polar surface area (TPSA) is 21.3 Å². The zero-order chi connectivity index (χ0) is 15.6. The third-order valence-electron chi connectivity index (χ3n) is 3.73. The van der Waals surface area contributed by atoms with E-state index in [1.54, 1.807) is 0 Å². The number of hydrogen-bond acceptors (Lipinski definition) is 2. The molecule has 0 bridgehead atoms. The van der Waals surface area contributed by atoms with Crippen molar-refractivity contribution in [3.63, 3.8) is 0 Å². The van der Waals surface area contributed by atoms with Gasteiger partial charge >= 0.3 is 6.18 Å². The van der Waals surface area contributed by atoms with Gasteiger partial charge in [-0.15, -0.1) is 0 Å². The van der Waals surface area contributed by atoms with Crippen LogP contribution >= 0.6 is 11.6 Å². The van der Waals surface area contributed by atoms with Crippen LogP contribution in [0.2, 0.25) is 5.02 Å². The van der Waals surface area contributed by atoms with Gasteiger partial charge in [-0.3, -0.25) is 0 Å². The summed E-state index contributed by atoms with van der Waals surface area (Å²) < 4.78 is 45.1. The van der Waals surface area contributed by atoms with Gasteiger partial charge in [0.2, 0.25) is 0 Å². The normalized spacial score (nSPS) is 20.8. The molecule has 118 valence electrons. The molecule has 2 atom stereocenters. The Morgan fingerprint density at radius 1 is 1.33 bits per heavy atom. The Labute approximate surface area is 127 Å². The molecule has 1 N–H and O–H groups in total.